The number of hydrogen-bond donors (Lipinski definition) is 1. The third-order valence-corrected chi connectivity index (χ3v) is 2.65. The highest BCUT2D eigenvalue weighted by molar-refractivity contribution is 6.14. The van der Waals surface area contributed by atoms with Crippen LogP contribution in [0.25, 0.3) is 5.78 Å². The number of nitrogens with zero attached hydrogens (tertiary/aromatic N) is 5. The molecule has 2 amide bonds. The van der Waals surface area contributed by atoms with Crippen molar-refractivity contribution in [2.24, 2.45) is 0 Å². The molecule has 0 spiro atoms. The zero-order valence-corrected chi connectivity index (χ0v) is 9.11. The lowest BCUT2D eigenvalue weighted by Gasteiger charge is -2.14. The molecule has 0 atom stereocenters. The van der Waals surface area contributed by atoms with E-state index in [9.17, 15) is 14.4 Å². The Balaban J connectivity index is 2.27. The monoisotopic (exact) mass is 248 g/mol. The first kappa shape index (κ1) is 10.4. The lowest BCUT2D eigenvalue weighted by molar-refractivity contribution is -0.123. The Hall–Kier alpha value is -2.71. The van der Waals surface area contributed by atoms with Gasteiger partial charge in [-0.2, -0.15) is 15.0 Å². The van der Waals surface area contributed by atoms with E-state index >= 15 is 0 Å². The maximum Gasteiger partial charge on any atom is 0.357 e. The molecule has 1 fully saturated rings. The average molecular weight is 248 g/mol. The van der Waals surface area contributed by atoms with E-state index < -0.39 is 5.69 Å². The molecule has 1 saturated heterocycles. The molecule has 0 unspecified atom stereocenters. The van der Waals surface area contributed by atoms with Gasteiger partial charge in [0, 0.05) is 25.2 Å². The van der Waals surface area contributed by atoms with Gasteiger partial charge in [0.1, 0.15) is 0 Å². The molecule has 0 saturated carbocycles. The van der Waals surface area contributed by atoms with Crippen LogP contribution in [0.2, 0.25) is 0 Å². The van der Waals surface area contributed by atoms with Crippen LogP contribution in [0.4, 0.5) is 5.95 Å². The summed E-state index contributed by atoms with van der Waals surface area (Å²) < 4.78 is 2.31. The van der Waals surface area contributed by atoms with Crippen LogP contribution in [0.5, 0.6) is 0 Å². The summed E-state index contributed by atoms with van der Waals surface area (Å²) in [6.45, 7) is 0. The third kappa shape index (κ3) is 1.30. The van der Waals surface area contributed by atoms with Crippen LogP contribution >= 0.6 is 0 Å². The molecule has 3 rings (SSSR count). The van der Waals surface area contributed by atoms with Crippen LogP contribution in [-0.4, -0.2) is 30.9 Å². The second-order valence-electron chi connectivity index (χ2n) is 3.78. The van der Waals surface area contributed by atoms with Gasteiger partial charge in [0.2, 0.25) is 23.5 Å². The van der Waals surface area contributed by atoms with Crippen molar-refractivity contribution in [2.45, 2.75) is 12.8 Å². The van der Waals surface area contributed by atoms with E-state index in [1.807, 2.05) is 0 Å². The van der Waals surface area contributed by atoms with Crippen molar-refractivity contribution in [2.75, 3.05) is 10.7 Å². The molecular formula is C9H8N6O3. The van der Waals surface area contributed by atoms with E-state index in [-0.39, 0.29) is 36.4 Å². The first-order valence-electron chi connectivity index (χ1n) is 5.17. The zero-order valence-electron chi connectivity index (χ0n) is 9.11. The average Bonchev–Trinajstić information content (AvgIpc) is 2.83. The maximum atomic E-state index is 11.6. The highest BCUT2D eigenvalue weighted by Gasteiger charge is 2.31. The van der Waals surface area contributed by atoms with Crippen molar-refractivity contribution in [3.63, 3.8) is 0 Å². The number of nitrogens with two attached hydrogens (primary N) is 1. The number of amides is 2. The second kappa shape index (κ2) is 3.39. The number of carbonyl (C=O) groups is 2. The van der Waals surface area contributed by atoms with Crippen molar-refractivity contribution < 1.29 is 9.59 Å². The predicted octanol–water partition coefficient (Wildman–Crippen LogP) is -1.74. The van der Waals surface area contributed by atoms with Crippen molar-refractivity contribution in [1.29, 1.82) is 0 Å². The molecule has 92 valence electrons. The second-order valence-corrected chi connectivity index (χ2v) is 3.78. The van der Waals surface area contributed by atoms with Gasteiger partial charge in [-0.15, -0.1) is 0 Å². The topological polar surface area (TPSA) is 116 Å². The summed E-state index contributed by atoms with van der Waals surface area (Å²) in [6, 6.07) is 0. The molecule has 0 radical (unpaired) electrons. The summed E-state index contributed by atoms with van der Waals surface area (Å²) in [5, 5.41) is 0.946. The molecule has 0 aromatic carbocycles. The van der Waals surface area contributed by atoms with Crippen LogP contribution in [0.3, 0.4) is 0 Å². The summed E-state index contributed by atoms with van der Waals surface area (Å²) in [4.78, 5) is 42.1. The number of aromatic nitrogens is 4. The fraction of sp³-hybridized carbons (Fsp3) is 0.222. The molecule has 2 aromatic rings. The molecule has 9 heteroatoms. The summed E-state index contributed by atoms with van der Waals surface area (Å²) >= 11 is 0. The van der Waals surface area contributed by atoms with Crippen LogP contribution in [-0.2, 0) is 9.59 Å². The van der Waals surface area contributed by atoms with E-state index in [1.165, 1.54) is 17.1 Å². The van der Waals surface area contributed by atoms with Gasteiger partial charge in [-0.05, 0) is 0 Å². The minimum absolute atomic E-state index is 0.0797. The van der Waals surface area contributed by atoms with Gasteiger partial charge in [0.15, 0.2) is 0 Å². The van der Waals surface area contributed by atoms with Gasteiger partial charge in [0.25, 0.3) is 0 Å². The van der Waals surface area contributed by atoms with Crippen molar-refractivity contribution in [3.05, 3.63) is 22.9 Å². The van der Waals surface area contributed by atoms with Crippen LogP contribution in [0, 0.1) is 0 Å². The molecule has 3 heterocycles. The third-order valence-electron chi connectivity index (χ3n) is 2.65. The summed E-state index contributed by atoms with van der Waals surface area (Å²) in [7, 11) is 0. The molecule has 18 heavy (non-hydrogen) atoms. The first-order valence-corrected chi connectivity index (χ1v) is 5.17. The molecule has 0 bridgehead atoms. The van der Waals surface area contributed by atoms with Gasteiger partial charge in [0.05, 0.1) is 0 Å². The highest BCUT2D eigenvalue weighted by Crippen LogP contribution is 2.13. The lowest BCUT2D eigenvalue weighted by atomic mass is 10.4. The Labute approximate surface area is 99.4 Å². The van der Waals surface area contributed by atoms with Crippen LogP contribution in [0.1, 0.15) is 12.8 Å². The first-order chi connectivity index (χ1) is 8.58. The Bertz CT molecular complexity index is 713. The minimum Gasteiger partial charge on any atom is -0.368 e. The molecule has 9 nitrogen and oxygen atoms in total. The zero-order chi connectivity index (χ0) is 12.9. The van der Waals surface area contributed by atoms with E-state index in [4.69, 9.17) is 5.73 Å². The maximum absolute atomic E-state index is 11.6. The molecule has 2 aromatic heterocycles. The summed E-state index contributed by atoms with van der Waals surface area (Å²) in [5.41, 5.74) is 4.77. The van der Waals surface area contributed by atoms with Crippen LogP contribution < -0.4 is 16.4 Å². The molecular weight excluding hydrogens is 240 g/mol. The molecule has 0 aliphatic carbocycles. The van der Waals surface area contributed by atoms with Crippen molar-refractivity contribution in [1.82, 2.24) is 19.0 Å². The molecule has 1 aliphatic rings. The van der Waals surface area contributed by atoms with E-state index in [1.54, 1.807) is 0 Å². The minimum atomic E-state index is -0.615. The highest BCUT2D eigenvalue weighted by atomic mass is 16.2. The molecule has 2 N–H and O–H groups in total. The lowest BCUT2D eigenvalue weighted by Crippen LogP contribution is -2.39. The number of hydrogen-bond acceptors (Lipinski definition) is 6. The van der Waals surface area contributed by atoms with Gasteiger partial charge in [-0.3, -0.25) is 9.59 Å². The fourth-order valence-corrected chi connectivity index (χ4v) is 1.87. The van der Waals surface area contributed by atoms with Gasteiger partial charge < -0.3 is 5.73 Å². The number of fused-ring (bicyclic) bond motifs is 1. The number of imidazole rings is 1. The Kier molecular flexibility index (Phi) is 1.97. The number of carbonyl (C=O) groups excluding carboxylic acids is 2. The number of anilines is 1. The standard InChI is InChI=1S/C9H8N6O3/c10-7-11-8-13(9(18)12-7)3-4-14(8)15-5(16)1-2-6(15)17/h3-4H,1-2H2,(H2,10,12,18). The SMILES string of the molecule is Nc1nc(=O)n2ccn(N3C(=O)CCC3=O)c2n1. The van der Waals surface area contributed by atoms with Crippen molar-refractivity contribution >= 4 is 23.5 Å². The Morgan fingerprint density at radius 1 is 1.06 bits per heavy atom. The number of nitrogen functional groups attached to an aromatic ring is 1. The van der Waals surface area contributed by atoms with E-state index in [0.717, 1.165) is 9.41 Å². The number of rotatable bonds is 1. The normalized spacial score (nSPS) is 15.9. The quantitative estimate of drug-likeness (QED) is 0.599. The van der Waals surface area contributed by atoms with E-state index in [2.05, 4.69) is 9.97 Å². The summed E-state index contributed by atoms with van der Waals surface area (Å²) in [5.74, 6) is -0.819. The van der Waals surface area contributed by atoms with Gasteiger partial charge in [-0.1, -0.05) is 0 Å². The molecule has 1 aliphatic heterocycles. The van der Waals surface area contributed by atoms with Crippen LogP contribution in [0.15, 0.2) is 17.2 Å². The Morgan fingerprint density at radius 2 is 1.72 bits per heavy atom. The van der Waals surface area contributed by atoms with E-state index in [0.29, 0.717) is 0 Å². The van der Waals surface area contributed by atoms with Crippen molar-refractivity contribution in [3.8, 4) is 0 Å². The number of imide groups is 1. The Morgan fingerprint density at radius 3 is 2.39 bits per heavy atom. The summed E-state index contributed by atoms with van der Waals surface area (Å²) in [6.07, 6.45) is 3.06. The predicted molar refractivity (Wildman–Crippen MR) is 59.1 cm³/mol. The smallest absolute Gasteiger partial charge is 0.357 e. The fourth-order valence-electron chi connectivity index (χ4n) is 1.87. The van der Waals surface area contributed by atoms with Gasteiger partial charge >= 0.3 is 5.69 Å². The largest absolute Gasteiger partial charge is 0.368 e. The van der Waals surface area contributed by atoms with Gasteiger partial charge in [-0.25, -0.2) is 13.9 Å².